The van der Waals surface area contributed by atoms with E-state index >= 15 is 0 Å². The maximum Gasteiger partial charge on any atom is 0.227 e. The van der Waals surface area contributed by atoms with Gasteiger partial charge in [-0.25, -0.2) is 4.98 Å². The molecular weight excluding hydrogens is 354 g/mol. The number of rotatable bonds is 5. The highest BCUT2D eigenvalue weighted by Gasteiger charge is 2.17. The van der Waals surface area contributed by atoms with Gasteiger partial charge in [-0.1, -0.05) is 42.0 Å². The third kappa shape index (κ3) is 4.60. The second kappa shape index (κ2) is 8.15. The third-order valence-electron chi connectivity index (χ3n) is 4.34. The molecule has 0 aliphatic heterocycles. The van der Waals surface area contributed by atoms with E-state index in [1.807, 2.05) is 25.1 Å². The van der Waals surface area contributed by atoms with Gasteiger partial charge in [0.25, 0.3) is 0 Å². The Kier molecular flexibility index (Phi) is 5.68. The smallest absolute Gasteiger partial charge is 0.227 e. The molecular formula is C22H21N3OS. The minimum absolute atomic E-state index is 0.0365. The summed E-state index contributed by atoms with van der Waals surface area (Å²) in [4.78, 5) is 20.1. The largest absolute Gasteiger partial charge is 0.341 e. The summed E-state index contributed by atoms with van der Waals surface area (Å²) >= 11 is 1.57. The van der Waals surface area contributed by atoms with E-state index in [2.05, 4.69) is 42.2 Å². The van der Waals surface area contributed by atoms with E-state index in [1.54, 1.807) is 29.4 Å². The molecule has 0 saturated carbocycles. The minimum Gasteiger partial charge on any atom is -0.341 e. The van der Waals surface area contributed by atoms with Crippen LogP contribution < -0.4 is 0 Å². The van der Waals surface area contributed by atoms with E-state index in [-0.39, 0.29) is 5.91 Å². The number of carbonyl (C=O) groups excluding carboxylic acids is 1. The molecule has 0 unspecified atom stereocenters. The number of likely N-dealkylation sites (N-methyl/N-ethyl adjacent to an activating group) is 1. The van der Waals surface area contributed by atoms with Gasteiger partial charge in [-0.3, -0.25) is 4.79 Å². The Balaban J connectivity index is 1.75. The number of amides is 1. The number of thiazole rings is 1. The molecule has 0 radical (unpaired) electrons. The second-order valence-corrected chi connectivity index (χ2v) is 7.90. The summed E-state index contributed by atoms with van der Waals surface area (Å²) in [6.07, 6.45) is 0.323. The van der Waals surface area contributed by atoms with Crippen molar-refractivity contribution in [3.8, 4) is 17.3 Å². The Morgan fingerprint density at radius 2 is 1.93 bits per heavy atom. The number of nitrogens with zero attached hydrogens (tertiary/aromatic N) is 3. The fraction of sp³-hybridized carbons (Fsp3) is 0.227. The zero-order valence-corrected chi connectivity index (χ0v) is 16.5. The summed E-state index contributed by atoms with van der Waals surface area (Å²) in [6.45, 7) is 4.50. The maximum absolute atomic E-state index is 12.8. The summed E-state index contributed by atoms with van der Waals surface area (Å²) in [6, 6.07) is 17.7. The summed E-state index contributed by atoms with van der Waals surface area (Å²) in [5.74, 6) is 0.0365. The molecule has 0 N–H and O–H groups in total. The molecule has 1 aromatic heterocycles. The van der Waals surface area contributed by atoms with Gasteiger partial charge in [0.2, 0.25) is 5.91 Å². The fourth-order valence-electron chi connectivity index (χ4n) is 2.90. The molecule has 136 valence electrons. The van der Waals surface area contributed by atoms with Gasteiger partial charge < -0.3 is 4.90 Å². The maximum atomic E-state index is 12.8. The summed E-state index contributed by atoms with van der Waals surface area (Å²) in [5, 5.41) is 9.98. The van der Waals surface area contributed by atoms with Gasteiger partial charge in [0.05, 0.1) is 28.8 Å². The van der Waals surface area contributed by atoms with Gasteiger partial charge in [0.1, 0.15) is 0 Å². The number of aromatic nitrogens is 1. The fourth-order valence-corrected chi connectivity index (χ4v) is 3.85. The lowest BCUT2D eigenvalue weighted by atomic mass is 10.1. The third-order valence-corrected chi connectivity index (χ3v) is 5.31. The second-order valence-electron chi connectivity index (χ2n) is 6.61. The molecule has 4 nitrogen and oxygen atoms in total. The molecule has 1 heterocycles. The first kappa shape index (κ1) is 18.8. The molecule has 0 atom stereocenters. The van der Waals surface area contributed by atoms with Crippen molar-refractivity contribution in [2.24, 2.45) is 0 Å². The highest BCUT2D eigenvalue weighted by Crippen LogP contribution is 2.29. The highest BCUT2D eigenvalue weighted by atomic mass is 32.1. The zero-order valence-electron chi connectivity index (χ0n) is 15.7. The van der Waals surface area contributed by atoms with Gasteiger partial charge in [-0.05, 0) is 31.5 Å². The molecule has 0 fully saturated rings. The van der Waals surface area contributed by atoms with Gasteiger partial charge in [0, 0.05) is 24.0 Å². The lowest BCUT2D eigenvalue weighted by molar-refractivity contribution is -0.129. The van der Waals surface area contributed by atoms with Crippen molar-refractivity contribution in [3.05, 3.63) is 75.1 Å². The van der Waals surface area contributed by atoms with E-state index in [9.17, 15) is 4.79 Å². The van der Waals surface area contributed by atoms with E-state index in [1.165, 1.54) is 5.56 Å². The van der Waals surface area contributed by atoms with Gasteiger partial charge >= 0.3 is 0 Å². The molecule has 1 amide bonds. The minimum atomic E-state index is 0.0365. The van der Waals surface area contributed by atoms with Crippen LogP contribution in [-0.2, 0) is 17.8 Å². The normalized spacial score (nSPS) is 10.4. The lowest BCUT2D eigenvalue weighted by Gasteiger charge is -2.17. The summed E-state index contributed by atoms with van der Waals surface area (Å²) in [7, 11) is 1.79. The number of carbonyl (C=O) groups is 1. The highest BCUT2D eigenvalue weighted by molar-refractivity contribution is 7.12. The first-order valence-electron chi connectivity index (χ1n) is 8.72. The zero-order chi connectivity index (χ0) is 19.4. The van der Waals surface area contributed by atoms with E-state index in [4.69, 9.17) is 5.26 Å². The summed E-state index contributed by atoms with van der Waals surface area (Å²) in [5.41, 5.74) is 4.68. The Labute approximate surface area is 163 Å². The molecule has 3 aromatic rings. The number of nitriles is 1. The molecule has 0 saturated heterocycles. The van der Waals surface area contributed by atoms with Crippen molar-refractivity contribution < 1.29 is 4.79 Å². The summed E-state index contributed by atoms with van der Waals surface area (Å²) < 4.78 is 0. The van der Waals surface area contributed by atoms with Crippen molar-refractivity contribution in [3.63, 3.8) is 0 Å². The molecule has 0 aliphatic carbocycles. The van der Waals surface area contributed by atoms with Crippen molar-refractivity contribution in [2.45, 2.75) is 26.8 Å². The van der Waals surface area contributed by atoms with Crippen molar-refractivity contribution in [2.75, 3.05) is 7.05 Å². The first-order chi connectivity index (χ1) is 13.0. The molecule has 27 heavy (non-hydrogen) atoms. The van der Waals surface area contributed by atoms with Crippen LogP contribution in [0.15, 0.2) is 48.5 Å². The number of benzene rings is 2. The Morgan fingerprint density at radius 1 is 1.19 bits per heavy atom. The van der Waals surface area contributed by atoms with E-state index < -0.39 is 0 Å². The van der Waals surface area contributed by atoms with Crippen LogP contribution in [0.25, 0.3) is 11.3 Å². The molecule has 3 rings (SSSR count). The van der Waals surface area contributed by atoms with Gasteiger partial charge in [0.15, 0.2) is 0 Å². The standard InChI is InChI=1S/C22H21N3OS/c1-15-7-9-19(10-8-15)22-20(27-16(2)24-22)12-21(26)25(3)14-18-6-4-5-17(11-18)13-23/h4-11H,12,14H2,1-3H3. The van der Waals surface area contributed by atoms with Crippen LogP contribution in [0.1, 0.15) is 26.6 Å². The van der Waals surface area contributed by atoms with Crippen LogP contribution in [-0.4, -0.2) is 22.8 Å². The first-order valence-corrected chi connectivity index (χ1v) is 9.54. The molecule has 0 spiro atoms. The predicted molar refractivity (Wildman–Crippen MR) is 108 cm³/mol. The molecule has 2 aromatic carbocycles. The van der Waals surface area contributed by atoms with E-state index in [0.29, 0.717) is 18.5 Å². The average Bonchev–Trinajstić information content (AvgIpc) is 3.02. The molecule has 5 heteroatoms. The van der Waals surface area contributed by atoms with Crippen molar-refractivity contribution in [1.29, 1.82) is 5.26 Å². The van der Waals surface area contributed by atoms with Crippen molar-refractivity contribution >= 4 is 17.2 Å². The van der Waals surface area contributed by atoms with Crippen LogP contribution >= 0.6 is 11.3 Å². The lowest BCUT2D eigenvalue weighted by Crippen LogP contribution is -2.27. The van der Waals surface area contributed by atoms with Crippen LogP contribution in [0.3, 0.4) is 0 Å². The predicted octanol–water partition coefficient (Wildman–Crippen LogP) is 4.50. The van der Waals surface area contributed by atoms with Crippen LogP contribution in [0.2, 0.25) is 0 Å². The molecule has 0 aliphatic rings. The van der Waals surface area contributed by atoms with Gasteiger partial charge in [-0.2, -0.15) is 5.26 Å². The monoisotopic (exact) mass is 375 g/mol. The Bertz CT molecular complexity index is 999. The number of hydrogen-bond donors (Lipinski definition) is 0. The topological polar surface area (TPSA) is 57.0 Å². The average molecular weight is 375 g/mol. The van der Waals surface area contributed by atoms with E-state index in [0.717, 1.165) is 26.7 Å². The molecule has 0 bridgehead atoms. The van der Waals surface area contributed by atoms with Gasteiger partial charge in [-0.15, -0.1) is 11.3 Å². The number of aryl methyl sites for hydroxylation is 2. The van der Waals surface area contributed by atoms with Crippen LogP contribution in [0.4, 0.5) is 0 Å². The number of hydrogen-bond acceptors (Lipinski definition) is 4. The van der Waals surface area contributed by atoms with Crippen LogP contribution in [0.5, 0.6) is 0 Å². The Morgan fingerprint density at radius 3 is 2.63 bits per heavy atom. The van der Waals surface area contributed by atoms with Crippen LogP contribution in [0, 0.1) is 25.2 Å². The quantitative estimate of drug-likeness (QED) is 0.660. The SMILES string of the molecule is Cc1ccc(-c2nc(C)sc2CC(=O)N(C)Cc2cccc(C#N)c2)cc1. The Hall–Kier alpha value is -2.97. The van der Waals surface area contributed by atoms with Crippen molar-refractivity contribution in [1.82, 2.24) is 9.88 Å².